The van der Waals surface area contributed by atoms with Crippen LogP contribution in [-0.4, -0.2) is 71.9 Å². The van der Waals surface area contributed by atoms with Crippen LogP contribution < -0.4 is 0 Å². The number of ketones is 1. The summed E-state index contributed by atoms with van der Waals surface area (Å²) in [6, 6.07) is 11.0. The minimum absolute atomic E-state index is 0.0341. The van der Waals surface area contributed by atoms with Gasteiger partial charge in [0.15, 0.2) is 0 Å². The number of hydrogen-bond donors (Lipinski definition) is 0. The normalized spacial score (nSPS) is 15.5. The van der Waals surface area contributed by atoms with E-state index in [9.17, 15) is 18.0 Å². The SMILES string of the molecule is COC1CCN(CCCON=Cc2ccn3c(-c4cccc(CC(=O)CCC(F)(F)F)c4)cnc3c2)CC1. The molecule has 0 amide bonds. The highest BCUT2D eigenvalue weighted by Gasteiger charge is 2.27. The number of nitrogens with zero attached hydrogens (tertiary/aromatic N) is 4. The van der Waals surface area contributed by atoms with E-state index in [1.54, 1.807) is 31.7 Å². The number of oxime groups is 1. The number of ether oxygens (including phenoxy) is 1. The number of likely N-dealkylation sites (tertiary alicyclic amines) is 1. The number of imidazole rings is 1. The predicted molar refractivity (Wildman–Crippen MR) is 139 cm³/mol. The number of Topliss-reactive ketones (excluding diaryl/α,β-unsaturated/α-hetero) is 1. The molecule has 1 saturated heterocycles. The van der Waals surface area contributed by atoms with Gasteiger partial charge < -0.3 is 14.5 Å². The number of methoxy groups -OCH3 is 1. The summed E-state index contributed by atoms with van der Waals surface area (Å²) < 4.78 is 44.5. The van der Waals surface area contributed by atoms with Crippen molar-refractivity contribution in [2.45, 2.75) is 50.8 Å². The zero-order chi connectivity index (χ0) is 27.0. The molecular formula is C28H33F3N4O3. The second-order valence-corrected chi connectivity index (χ2v) is 9.56. The number of fused-ring (bicyclic) bond motifs is 1. The number of pyridine rings is 1. The molecule has 0 atom stereocenters. The molecule has 3 heterocycles. The number of aromatic nitrogens is 2. The Hall–Kier alpha value is -3.24. The largest absolute Gasteiger partial charge is 0.396 e. The van der Waals surface area contributed by atoms with Crippen molar-refractivity contribution in [3.63, 3.8) is 0 Å². The summed E-state index contributed by atoms with van der Waals surface area (Å²) in [5.74, 6) is -0.435. The van der Waals surface area contributed by atoms with Crippen molar-refractivity contribution in [3.8, 4) is 11.3 Å². The van der Waals surface area contributed by atoms with Crippen LogP contribution in [0.1, 0.15) is 43.2 Å². The molecule has 1 aliphatic heterocycles. The van der Waals surface area contributed by atoms with E-state index in [0.29, 0.717) is 18.3 Å². The molecule has 0 N–H and O–H groups in total. The molecule has 0 unspecified atom stereocenters. The Balaban J connectivity index is 1.29. The Morgan fingerprint density at radius 3 is 2.79 bits per heavy atom. The monoisotopic (exact) mass is 530 g/mol. The maximum atomic E-state index is 12.4. The van der Waals surface area contributed by atoms with Crippen LogP contribution in [0, 0.1) is 0 Å². The summed E-state index contributed by atoms with van der Waals surface area (Å²) >= 11 is 0. The molecule has 0 spiro atoms. The van der Waals surface area contributed by atoms with Crippen molar-refractivity contribution in [1.29, 1.82) is 0 Å². The highest BCUT2D eigenvalue weighted by molar-refractivity contribution is 5.82. The van der Waals surface area contributed by atoms with Crippen molar-refractivity contribution < 1.29 is 27.5 Å². The predicted octanol–water partition coefficient (Wildman–Crippen LogP) is 5.31. The molecule has 0 radical (unpaired) electrons. The molecule has 0 aliphatic carbocycles. The fourth-order valence-corrected chi connectivity index (χ4v) is 4.60. The fraction of sp³-hybridized carbons (Fsp3) is 0.464. The summed E-state index contributed by atoms with van der Waals surface area (Å²) in [5.41, 5.74) is 3.88. The molecule has 38 heavy (non-hydrogen) atoms. The summed E-state index contributed by atoms with van der Waals surface area (Å²) in [5, 5.41) is 4.09. The number of alkyl halides is 3. The quantitative estimate of drug-likeness (QED) is 0.180. The lowest BCUT2D eigenvalue weighted by Crippen LogP contribution is -2.37. The van der Waals surface area contributed by atoms with E-state index in [1.807, 2.05) is 34.9 Å². The van der Waals surface area contributed by atoms with Gasteiger partial charge in [0.05, 0.1) is 30.6 Å². The Kier molecular flexibility index (Phi) is 9.52. The van der Waals surface area contributed by atoms with Crippen LogP contribution in [0.2, 0.25) is 0 Å². The topological polar surface area (TPSA) is 68.4 Å². The molecule has 3 aromatic rings. The summed E-state index contributed by atoms with van der Waals surface area (Å²) in [6.07, 6.45) is 2.74. The van der Waals surface area contributed by atoms with Crippen molar-refractivity contribution in [2.75, 3.05) is 33.4 Å². The number of carbonyl (C=O) groups is 1. The van der Waals surface area contributed by atoms with Crippen molar-refractivity contribution in [1.82, 2.24) is 14.3 Å². The number of piperidine rings is 1. The Morgan fingerprint density at radius 2 is 2.03 bits per heavy atom. The number of carbonyl (C=O) groups excluding carboxylic acids is 1. The third kappa shape index (κ3) is 8.13. The minimum atomic E-state index is -4.33. The van der Waals surface area contributed by atoms with Crippen LogP contribution >= 0.6 is 0 Å². The van der Waals surface area contributed by atoms with E-state index in [-0.39, 0.29) is 6.42 Å². The van der Waals surface area contributed by atoms with Crippen molar-refractivity contribution >= 4 is 17.6 Å². The zero-order valence-corrected chi connectivity index (χ0v) is 21.5. The summed E-state index contributed by atoms with van der Waals surface area (Å²) in [6.45, 7) is 3.64. The van der Waals surface area contributed by atoms with Gasteiger partial charge in [-0.1, -0.05) is 23.4 Å². The molecule has 1 fully saturated rings. The third-order valence-electron chi connectivity index (χ3n) is 6.70. The fourth-order valence-electron chi connectivity index (χ4n) is 4.60. The van der Waals surface area contributed by atoms with Gasteiger partial charge in [-0.2, -0.15) is 13.2 Å². The molecule has 0 saturated carbocycles. The minimum Gasteiger partial charge on any atom is -0.396 e. The van der Waals surface area contributed by atoms with Crippen LogP contribution in [0.4, 0.5) is 13.2 Å². The van der Waals surface area contributed by atoms with Gasteiger partial charge >= 0.3 is 6.18 Å². The number of rotatable bonds is 12. The molecule has 7 nitrogen and oxygen atoms in total. The van der Waals surface area contributed by atoms with Gasteiger partial charge in [0, 0.05) is 56.9 Å². The second-order valence-electron chi connectivity index (χ2n) is 9.56. The molecule has 204 valence electrons. The molecule has 2 aromatic heterocycles. The van der Waals surface area contributed by atoms with Gasteiger partial charge in [0.1, 0.15) is 18.0 Å². The van der Waals surface area contributed by atoms with Gasteiger partial charge in [0.2, 0.25) is 0 Å². The summed E-state index contributed by atoms with van der Waals surface area (Å²) in [4.78, 5) is 24.3. The highest BCUT2D eigenvalue weighted by atomic mass is 19.4. The molecule has 10 heteroatoms. The first-order chi connectivity index (χ1) is 18.3. The van der Waals surface area contributed by atoms with E-state index >= 15 is 0 Å². The number of hydrogen-bond acceptors (Lipinski definition) is 6. The first-order valence-corrected chi connectivity index (χ1v) is 12.9. The summed E-state index contributed by atoms with van der Waals surface area (Å²) in [7, 11) is 1.77. The van der Waals surface area contributed by atoms with Crippen molar-refractivity contribution in [3.05, 3.63) is 59.9 Å². The molecule has 4 rings (SSSR count). The number of halogens is 3. The van der Waals surface area contributed by atoms with Gasteiger partial charge in [-0.05, 0) is 43.0 Å². The Morgan fingerprint density at radius 1 is 1.21 bits per heavy atom. The van der Waals surface area contributed by atoms with Crippen LogP contribution in [0.25, 0.3) is 16.9 Å². The zero-order valence-electron chi connectivity index (χ0n) is 21.5. The maximum Gasteiger partial charge on any atom is 0.389 e. The lowest BCUT2D eigenvalue weighted by atomic mass is 10.0. The second kappa shape index (κ2) is 13.0. The van der Waals surface area contributed by atoms with E-state index in [2.05, 4.69) is 15.0 Å². The van der Waals surface area contributed by atoms with Gasteiger partial charge in [-0.25, -0.2) is 4.98 Å². The standard InChI is InChI=1S/C28H33F3N4O3/c1-37-25-8-12-34(13-9-25)11-3-15-38-33-19-22-7-14-35-26(20-32-27(35)18-22)23-5-2-4-21(16-23)17-24(36)6-10-28(29,30)31/h2,4-5,7,14,16,18-20,25H,3,6,8-13,15,17H2,1H3. The molecular weight excluding hydrogens is 497 g/mol. The first kappa shape index (κ1) is 27.8. The van der Waals surface area contributed by atoms with Gasteiger partial charge in [-0.15, -0.1) is 0 Å². The maximum absolute atomic E-state index is 12.4. The molecule has 1 aliphatic rings. The van der Waals surface area contributed by atoms with E-state index in [0.717, 1.165) is 61.4 Å². The van der Waals surface area contributed by atoms with Crippen LogP contribution in [0.15, 0.2) is 53.9 Å². The lowest BCUT2D eigenvalue weighted by Gasteiger charge is -2.30. The van der Waals surface area contributed by atoms with E-state index in [4.69, 9.17) is 9.57 Å². The van der Waals surface area contributed by atoms with Gasteiger partial charge in [-0.3, -0.25) is 9.20 Å². The third-order valence-corrected chi connectivity index (χ3v) is 6.70. The average Bonchev–Trinajstić information content (AvgIpc) is 3.33. The smallest absolute Gasteiger partial charge is 0.389 e. The molecule has 0 bridgehead atoms. The van der Waals surface area contributed by atoms with Crippen molar-refractivity contribution in [2.24, 2.45) is 5.16 Å². The Labute approximate surface area is 220 Å². The van der Waals surface area contributed by atoms with Crippen LogP contribution in [-0.2, 0) is 20.8 Å². The average molecular weight is 531 g/mol. The number of benzene rings is 1. The lowest BCUT2D eigenvalue weighted by molar-refractivity contribution is -0.143. The highest BCUT2D eigenvalue weighted by Crippen LogP contribution is 2.24. The van der Waals surface area contributed by atoms with Crippen LogP contribution in [0.3, 0.4) is 0 Å². The first-order valence-electron chi connectivity index (χ1n) is 12.9. The van der Waals surface area contributed by atoms with E-state index in [1.165, 1.54) is 0 Å². The van der Waals surface area contributed by atoms with Gasteiger partial charge in [0.25, 0.3) is 0 Å². The van der Waals surface area contributed by atoms with E-state index < -0.39 is 24.8 Å². The molecule has 1 aromatic carbocycles. The Bertz CT molecular complexity index is 1230. The van der Waals surface area contributed by atoms with Crippen LogP contribution in [0.5, 0.6) is 0 Å².